The van der Waals surface area contributed by atoms with E-state index < -0.39 is 24.2 Å². The van der Waals surface area contributed by atoms with Crippen LogP contribution in [0.25, 0.3) is 0 Å². The number of aliphatic hydroxyl groups excluding tert-OH is 1. The molecule has 0 aliphatic carbocycles. The average molecular weight is 391 g/mol. The molecule has 1 atom stereocenters. The van der Waals surface area contributed by atoms with Crippen LogP contribution >= 0.6 is 11.3 Å². The Kier molecular flexibility index (Phi) is 5.51. The van der Waals surface area contributed by atoms with Crippen LogP contribution in [0, 0.1) is 0 Å². The molecule has 2 heterocycles. The first-order valence-corrected chi connectivity index (χ1v) is 8.82. The van der Waals surface area contributed by atoms with Gasteiger partial charge in [-0.1, -0.05) is 18.2 Å². The minimum Gasteiger partial charge on any atom is -0.478 e. The van der Waals surface area contributed by atoms with Crippen LogP contribution in [0.3, 0.4) is 0 Å². The second-order valence-corrected chi connectivity index (χ2v) is 6.97. The quantitative estimate of drug-likeness (QED) is 0.403. The number of para-hydroxylation sites is 1. The highest BCUT2D eigenvalue weighted by Gasteiger charge is 2.32. The van der Waals surface area contributed by atoms with Crippen molar-refractivity contribution in [2.24, 2.45) is 0 Å². The van der Waals surface area contributed by atoms with E-state index in [-0.39, 0.29) is 29.4 Å². The third-order valence-corrected chi connectivity index (χ3v) is 5.20. The molecule has 0 saturated carbocycles. The van der Waals surface area contributed by atoms with E-state index in [1.807, 2.05) is 6.07 Å². The zero-order valence-electron chi connectivity index (χ0n) is 13.9. The number of hydrogen-bond acceptors (Lipinski definition) is 7. The maximum atomic E-state index is 12.5. The third kappa shape index (κ3) is 4.14. The number of carbonyl (C=O) groups excluding carboxylic acids is 2. The van der Waals surface area contributed by atoms with Crippen LogP contribution < -0.4 is 16.0 Å². The van der Waals surface area contributed by atoms with Crippen molar-refractivity contribution >= 4 is 39.8 Å². The molecule has 0 fully saturated rings. The zero-order chi connectivity index (χ0) is 19.6. The molecule has 1 aliphatic heterocycles. The fraction of sp³-hybridized carbons (Fsp3) is 0.235. The predicted octanol–water partition coefficient (Wildman–Crippen LogP) is 0.348. The smallest absolute Gasteiger partial charge is 0.339 e. The van der Waals surface area contributed by atoms with Gasteiger partial charge >= 0.3 is 5.97 Å². The monoisotopic (exact) mass is 391 g/mol. The van der Waals surface area contributed by atoms with Crippen molar-refractivity contribution in [2.75, 3.05) is 10.6 Å². The zero-order valence-corrected chi connectivity index (χ0v) is 14.7. The highest BCUT2D eigenvalue weighted by atomic mass is 32.1. The van der Waals surface area contributed by atoms with E-state index in [2.05, 4.69) is 16.0 Å². The summed E-state index contributed by atoms with van der Waals surface area (Å²) in [6.07, 6.45) is -2.13. The highest BCUT2D eigenvalue weighted by molar-refractivity contribution is 7.17. The number of benzene rings is 1. The van der Waals surface area contributed by atoms with Crippen LogP contribution in [-0.2, 0) is 22.6 Å². The van der Waals surface area contributed by atoms with Crippen LogP contribution in [-0.4, -0.2) is 45.4 Å². The Morgan fingerprint density at radius 3 is 2.48 bits per heavy atom. The molecule has 1 aromatic heterocycles. The van der Waals surface area contributed by atoms with Gasteiger partial charge in [0, 0.05) is 17.1 Å². The van der Waals surface area contributed by atoms with Crippen LogP contribution in [0.1, 0.15) is 20.8 Å². The molecule has 2 aromatic rings. The van der Waals surface area contributed by atoms with Gasteiger partial charge in [0.05, 0.1) is 11.6 Å². The fourth-order valence-corrected chi connectivity index (χ4v) is 3.96. The fourth-order valence-electron chi connectivity index (χ4n) is 2.79. The lowest BCUT2D eigenvalue weighted by molar-refractivity contribution is -0.141. The third-order valence-electron chi connectivity index (χ3n) is 4.05. The van der Waals surface area contributed by atoms with Gasteiger partial charge in [-0.2, -0.15) is 0 Å². The van der Waals surface area contributed by atoms with E-state index in [9.17, 15) is 19.5 Å². The van der Waals surface area contributed by atoms with Crippen molar-refractivity contribution in [3.63, 3.8) is 0 Å². The second-order valence-electron chi connectivity index (χ2n) is 5.87. The molecule has 1 aromatic carbocycles. The van der Waals surface area contributed by atoms with Gasteiger partial charge in [-0.15, -0.1) is 11.3 Å². The van der Waals surface area contributed by atoms with Crippen LogP contribution in [0.4, 0.5) is 10.7 Å². The molecule has 0 radical (unpaired) electrons. The van der Waals surface area contributed by atoms with Gasteiger partial charge in [-0.05, 0) is 24.1 Å². The summed E-state index contributed by atoms with van der Waals surface area (Å²) in [5, 5.41) is 35.4. The van der Waals surface area contributed by atoms with Crippen LogP contribution in [0.2, 0.25) is 0 Å². The van der Waals surface area contributed by atoms with Crippen molar-refractivity contribution in [3.05, 3.63) is 46.3 Å². The number of fused-ring (bicyclic) bond motifs is 1. The number of aromatic carboxylic acids is 1. The lowest BCUT2D eigenvalue weighted by Crippen LogP contribution is -2.44. The lowest BCUT2D eigenvalue weighted by atomic mass is 9.97. The predicted molar refractivity (Wildman–Crippen MR) is 97.5 cm³/mol. The molecule has 0 unspecified atom stereocenters. The lowest BCUT2D eigenvalue weighted by Gasteiger charge is -2.23. The van der Waals surface area contributed by atoms with E-state index >= 15 is 0 Å². The summed E-state index contributed by atoms with van der Waals surface area (Å²) in [5.74, 6) is -2.69. The normalized spacial score (nSPS) is 15.9. The molecule has 9 nitrogen and oxygen atoms in total. The molecule has 10 heteroatoms. The number of carboxylic acid groups (broad SMARTS) is 1. The number of amides is 2. The van der Waals surface area contributed by atoms with E-state index in [1.54, 1.807) is 24.3 Å². The molecule has 142 valence electrons. The van der Waals surface area contributed by atoms with Gasteiger partial charge in [0.15, 0.2) is 0 Å². The number of carboxylic acids is 1. The molecule has 6 N–H and O–H groups in total. The molecular formula is C17H17N3O6S. The number of anilines is 2. The van der Waals surface area contributed by atoms with E-state index in [4.69, 9.17) is 10.2 Å². The summed E-state index contributed by atoms with van der Waals surface area (Å²) in [6, 6.07) is 8.24. The van der Waals surface area contributed by atoms with Crippen molar-refractivity contribution in [1.29, 1.82) is 0 Å². The van der Waals surface area contributed by atoms with Crippen LogP contribution in [0.15, 0.2) is 30.3 Å². The molecular weight excluding hydrogens is 374 g/mol. The van der Waals surface area contributed by atoms with E-state index in [0.717, 1.165) is 11.3 Å². The highest BCUT2D eigenvalue weighted by Crippen LogP contribution is 2.36. The summed E-state index contributed by atoms with van der Waals surface area (Å²) in [4.78, 5) is 36.3. The van der Waals surface area contributed by atoms with Gasteiger partial charge in [-0.25, -0.2) is 4.79 Å². The summed E-state index contributed by atoms with van der Waals surface area (Å²) in [7, 11) is 0. The largest absolute Gasteiger partial charge is 0.478 e. The minimum absolute atomic E-state index is 0.0107. The Morgan fingerprint density at radius 1 is 1.15 bits per heavy atom. The van der Waals surface area contributed by atoms with Gasteiger partial charge < -0.3 is 31.3 Å². The number of rotatable bonds is 5. The molecule has 3 rings (SSSR count). The Bertz CT molecular complexity index is 880. The molecule has 0 saturated heterocycles. The topological polar surface area (TPSA) is 148 Å². The molecule has 27 heavy (non-hydrogen) atoms. The number of nitrogens with one attached hydrogen (secondary N) is 3. The Balaban J connectivity index is 1.82. The first-order chi connectivity index (χ1) is 12.9. The number of aliphatic hydroxyl groups is 2. The number of hydrogen-bond donors (Lipinski definition) is 6. The minimum atomic E-state index is -2.26. The summed E-state index contributed by atoms with van der Waals surface area (Å²) >= 11 is 1.02. The molecule has 1 aliphatic rings. The van der Waals surface area contributed by atoms with Crippen molar-refractivity contribution in [2.45, 2.75) is 25.3 Å². The Labute approximate surface area is 157 Å². The summed E-state index contributed by atoms with van der Waals surface area (Å²) < 4.78 is 0. The average Bonchev–Trinajstić information content (AvgIpc) is 2.99. The van der Waals surface area contributed by atoms with Crippen molar-refractivity contribution in [1.82, 2.24) is 5.32 Å². The number of thiophene rings is 1. The molecule has 0 bridgehead atoms. The first-order valence-electron chi connectivity index (χ1n) is 8.01. The number of carbonyl (C=O) groups is 3. The summed E-state index contributed by atoms with van der Waals surface area (Å²) in [5.41, 5.74) is 0.939. The van der Waals surface area contributed by atoms with Gasteiger partial charge in [0.2, 0.25) is 12.2 Å². The maximum absolute atomic E-state index is 12.5. The first kappa shape index (κ1) is 19.0. The Morgan fingerprint density at radius 2 is 1.85 bits per heavy atom. The standard InChI is InChI=1S/C17H17N3O6S/c21-13(19-8-4-2-1-3-5-8)10-6-9-11(7-18-10)27-15(12(9)16(23)24)20-14(22)17(25)26/h1-5,10,17-18,25-26H,6-7H2,(H,19,21)(H,20,22)(H,23,24)/t10-/m0/s1. The second kappa shape index (κ2) is 7.84. The summed E-state index contributed by atoms with van der Waals surface area (Å²) in [6.45, 7) is 0.255. The maximum Gasteiger partial charge on any atom is 0.339 e. The molecule has 2 amide bonds. The van der Waals surface area contributed by atoms with Crippen LogP contribution in [0.5, 0.6) is 0 Å². The van der Waals surface area contributed by atoms with Gasteiger partial charge in [0.1, 0.15) is 5.00 Å². The van der Waals surface area contributed by atoms with Crippen molar-refractivity contribution < 1.29 is 29.7 Å². The Hall–Kier alpha value is -2.79. The molecule has 0 spiro atoms. The van der Waals surface area contributed by atoms with E-state index in [0.29, 0.717) is 16.1 Å². The van der Waals surface area contributed by atoms with Gasteiger partial charge in [0.25, 0.3) is 5.91 Å². The van der Waals surface area contributed by atoms with E-state index in [1.165, 1.54) is 0 Å². The SMILES string of the molecule is O=C(O)c1c(NC(=O)C(O)O)sc2c1C[C@@H](C(=O)Nc1ccccc1)NC2. The van der Waals surface area contributed by atoms with Gasteiger partial charge in [-0.3, -0.25) is 9.59 Å². The van der Waals surface area contributed by atoms with Crippen molar-refractivity contribution in [3.8, 4) is 0 Å².